The number of nitrogen functional groups attached to an aromatic ring is 1. The third-order valence-electron chi connectivity index (χ3n) is 6.56. The van der Waals surface area contributed by atoms with Crippen molar-refractivity contribution in [2.24, 2.45) is 23.2 Å². The van der Waals surface area contributed by atoms with E-state index in [1.165, 1.54) is 19.3 Å². The van der Waals surface area contributed by atoms with E-state index < -0.39 is 0 Å². The summed E-state index contributed by atoms with van der Waals surface area (Å²) in [6.45, 7) is 0.817. The van der Waals surface area contributed by atoms with E-state index in [2.05, 4.69) is 17.5 Å². The number of hydrogen-bond donors (Lipinski definition) is 2. The summed E-state index contributed by atoms with van der Waals surface area (Å²) < 4.78 is 2.01. The predicted octanol–water partition coefficient (Wildman–Crippen LogP) is 2.78. The molecule has 1 spiro atoms. The molecule has 3 atom stereocenters. The first-order valence-corrected chi connectivity index (χ1v) is 8.97. The van der Waals surface area contributed by atoms with Gasteiger partial charge in [0.25, 0.3) is 0 Å². The molecule has 2 bridgehead atoms. The van der Waals surface area contributed by atoms with E-state index in [0.29, 0.717) is 23.7 Å². The van der Waals surface area contributed by atoms with Crippen molar-refractivity contribution in [2.45, 2.75) is 25.7 Å². The van der Waals surface area contributed by atoms with Crippen molar-refractivity contribution in [3.8, 4) is 0 Å². The molecule has 24 heavy (non-hydrogen) atoms. The predicted molar refractivity (Wildman–Crippen MR) is 94.4 cm³/mol. The lowest BCUT2D eigenvalue weighted by Crippen LogP contribution is -2.32. The van der Waals surface area contributed by atoms with Crippen LogP contribution in [0.15, 0.2) is 42.6 Å². The third-order valence-corrected chi connectivity index (χ3v) is 6.56. The molecule has 2 heterocycles. The number of fused-ring (bicyclic) bond motifs is 1. The fraction of sp³-hybridized carbons (Fsp3) is 0.450. The SMILES string of the molecule is Nc1cccn2c(CC(=O)NC[C@H]3CC4C=CC3C43CC3)ccc12. The Kier molecular flexibility index (Phi) is 2.88. The number of allylic oxidation sites excluding steroid dienone is 2. The second kappa shape index (κ2) is 4.88. The van der Waals surface area contributed by atoms with E-state index in [1.54, 1.807) is 0 Å². The Bertz CT molecular complexity index is 846. The number of carbonyl (C=O) groups is 1. The van der Waals surface area contributed by atoms with Crippen LogP contribution in [0.25, 0.3) is 5.52 Å². The van der Waals surface area contributed by atoms with Gasteiger partial charge in [0.2, 0.25) is 5.91 Å². The number of pyridine rings is 1. The molecule has 0 radical (unpaired) electrons. The highest BCUT2D eigenvalue weighted by atomic mass is 16.1. The quantitative estimate of drug-likeness (QED) is 0.851. The van der Waals surface area contributed by atoms with Gasteiger partial charge in [-0.3, -0.25) is 4.79 Å². The molecule has 0 aliphatic heterocycles. The molecule has 2 aromatic heterocycles. The van der Waals surface area contributed by atoms with Crippen molar-refractivity contribution >= 4 is 17.1 Å². The number of anilines is 1. The van der Waals surface area contributed by atoms with Crippen LogP contribution in [-0.4, -0.2) is 16.9 Å². The van der Waals surface area contributed by atoms with Crippen molar-refractivity contribution in [1.82, 2.24) is 9.72 Å². The normalized spacial score (nSPS) is 28.8. The zero-order chi connectivity index (χ0) is 16.3. The number of nitrogens with one attached hydrogen (secondary N) is 1. The van der Waals surface area contributed by atoms with Crippen LogP contribution in [0.4, 0.5) is 5.69 Å². The lowest BCUT2D eigenvalue weighted by Gasteiger charge is -2.20. The molecule has 2 fully saturated rings. The highest BCUT2D eigenvalue weighted by Gasteiger charge is 2.62. The Morgan fingerprint density at radius 1 is 1.29 bits per heavy atom. The average molecular weight is 321 g/mol. The number of hydrogen-bond acceptors (Lipinski definition) is 2. The lowest BCUT2D eigenvalue weighted by atomic mass is 9.89. The molecule has 4 nitrogen and oxygen atoms in total. The van der Waals surface area contributed by atoms with Crippen LogP contribution in [0.2, 0.25) is 0 Å². The highest BCUT2D eigenvalue weighted by Crippen LogP contribution is 2.69. The van der Waals surface area contributed by atoms with Crippen LogP contribution in [0, 0.1) is 23.2 Å². The number of rotatable bonds is 4. The maximum Gasteiger partial charge on any atom is 0.225 e. The standard InChI is InChI=1S/C20H23N3O/c21-17-2-1-9-23-15(4-6-18(17)23)11-19(24)22-12-13-10-14-3-5-16(13)20(14)7-8-20/h1-6,9,13-14,16H,7-8,10-12,21H2,(H,22,24)/t13-,14?,16?/m1/s1. The van der Waals surface area contributed by atoms with Crippen molar-refractivity contribution in [3.63, 3.8) is 0 Å². The first-order chi connectivity index (χ1) is 11.7. The summed E-state index contributed by atoms with van der Waals surface area (Å²) >= 11 is 0. The van der Waals surface area contributed by atoms with Crippen molar-refractivity contribution in [2.75, 3.05) is 12.3 Å². The molecule has 2 saturated carbocycles. The van der Waals surface area contributed by atoms with E-state index in [9.17, 15) is 4.79 Å². The maximum atomic E-state index is 12.4. The van der Waals surface area contributed by atoms with Crippen LogP contribution in [0.1, 0.15) is 25.0 Å². The Labute approximate surface area is 141 Å². The van der Waals surface area contributed by atoms with E-state index in [1.807, 2.05) is 34.9 Å². The van der Waals surface area contributed by atoms with Crippen LogP contribution < -0.4 is 11.1 Å². The molecule has 2 unspecified atom stereocenters. The zero-order valence-corrected chi connectivity index (χ0v) is 13.7. The fourth-order valence-electron chi connectivity index (χ4n) is 5.19. The Balaban J connectivity index is 1.24. The van der Waals surface area contributed by atoms with Crippen molar-refractivity contribution in [1.29, 1.82) is 0 Å². The van der Waals surface area contributed by atoms with Crippen LogP contribution in [0.3, 0.4) is 0 Å². The minimum Gasteiger partial charge on any atom is -0.397 e. The molecule has 3 aliphatic rings. The zero-order valence-electron chi connectivity index (χ0n) is 13.7. The monoisotopic (exact) mass is 321 g/mol. The van der Waals surface area contributed by atoms with Gasteiger partial charge in [-0.05, 0) is 66.7 Å². The van der Waals surface area contributed by atoms with Crippen LogP contribution in [0.5, 0.6) is 0 Å². The second-order valence-electron chi connectivity index (χ2n) is 7.77. The molecular formula is C20H23N3O. The van der Waals surface area contributed by atoms with Gasteiger partial charge in [-0.25, -0.2) is 0 Å². The fourth-order valence-corrected chi connectivity index (χ4v) is 5.19. The minimum absolute atomic E-state index is 0.106. The molecule has 124 valence electrons. The van der Waals surface area contributed by atoms with E-state index >= 15 is 0 Å². The average Bonchev–Trinajstić information content (AvgIpc) is 3.07. The first-order valence-electron chi connectivity index (χ1n) is 8.97. The molecular weight excluding hydrogens is 298 g/mol. The molecule has 4 heteroatoms. The lowest BCUT2D eigenvalue weighted by molar-refractivity contribution is -0.120. The molecule has 3 N–H and O–H groups in total. The van der Waals surface area contributed by atoms with Gasteiger partial charge >= 0.3 is 0 Å². The minimum atomic E-state index is 0.106. The molecule has 0 saturated heterocycles. The van der Waals surface area contributed by atoms with Gasteiger partial charge in [-0.15, -0.1) is 0 Å². The number of aromatic nitrogens is 1. The highest BCUT2D eigenvalue weighted by molar-refractivity contribution is 5.79. The topological polar surface area (TPSA) is 59.5 Å². The Morgan fingerprint density at radius 3 is 2.96 bits per heavy atom. The smallest absolute Gasteiger partial charge is 0.225 e. The van der Waals surface area contributed by atoms with Gasteiger partial charge in [0.1, 0.15) is 0 Å². The molecule has 2 aromatic rings. The van der Waals surface area contributed by atoms with E-state index in [0.717, 1.165) is 29.4 Å². The van der Waals surface area contributed by atoms with Crippen LogP contribution in [-0.2, 0) is 11.2 Å². The summed E-state index contributed by atoms with van der Waals surface area (Å²) in [7, 11) is 0. The van der Waals surface area contributed by atoms with E-state index in [4.69, 9.17) is 5.73 Å². The van der Waals surface area contributed by atoms with Gasteiger partial charge in [0, 0.05) is 18.4 Å². The Hall–Kier alpha value is -2.23. The van der Waals surface area contributed by atoms with Gasteiger partial charge in [0.05, 0.1) is 17.6 Å². The maximum absolute atomic E-state index is 12.4. The number of nitrogens with two attached hydrogens (primary N) is 1. The van der Waals surface area contributed by atoms with Crippen LogP contribution >= 0.6 is 0 Å². The summed E-state index contributed by atoms with van der Waals surface area (Å²) in [6, 6.07) is 7.77. The van der Waals surface area contributed by atoms with Gasteiger partial charge < -0.3 is 15.5 Å². The second-order valence-corrected chi connectivity index (χ2v) is 7.77. The first kappa shape index (κ1) is 14.1. The van der Waals surface area contributed by atoms with Gasteiger partial charge in [0.15, 0.2) is 0 Å². The number of nitrogens with zero attached hydrogens (tertiary/aromatic N) is 1. The molecule has 5 rings (SSSR count). The van der Waals surface area contributed by atoms with Crippen molar-refractivity contribution in [3.05, 3.63) is 48.3 Å². The summed E-state index contributed by atoms with van der Waals surface area (Å²) in [6.07, 6.45) is 11.2. The molecule has 0 aromatic carbocycles. The molecule has 1 amide bonds. The third kappa shape index (κ3) is 1.95. The van der Waals surface area contributed by atoms with E-state index in [-0.39, 0.29) is 5.91 Å². The Morgan fingerprint density at radius 2 is 2.17 bits per heavy atom. The molecule has 3 aliphatic carbocycles. The number of carbonyl (C=O) groups excluding carboxylic acids is 1. The van der Waals surface area contributed by atoms with Crippen molar-refractivity contribution < 1.29 is 4.79 Å². The summed E-state index contributed by atoms with van der Waals surface area (Å²) in [5.74, 6) is 2.22. The number of amides is 1. The summed E-state index contributed by atoms with van der Waals surface area (Å²) in [5.41, 5.74) is 9.28. The van der Waals surface area contributed by atoms with Gasteiger partial charge in [-0.2, -0.15) is 0 Å². The summed E-state index contributed by atoms with van der Waals surface area (Å²) in [4.78, 5) is 12.4. The van der Waals surface area contributed by atoms with Gasteiger partial charge in [-0.1, -0.05) is 12.2 Å². The summed E-state index contributed by atoms with van der Waals surface area (Å²) in [5, 5.41) is 3.18. The largest absolute Gasteiger partial charge is 0.397 e.